The predicted molar refractivity (Wildman–Crippen MR) is 46.9 cm³/mol. The molecule has 7 heteroatoms. The molecular weight excluding hydrogens is 242 g/mol. The van der Waals surface area contributed by atoms with E-state index in [-0.39, 0.29) is 56.3 Å². The van der Waals surface area contributed by atoms with Crippen LogP contribution in [0, 0.1) is 5.82 Å². The molecule has 0 aliphatic heterocycles. The van der Waals surface area contributed by atoms with Gasteiger partial charge in [0, 0.05) is 4.90 Å². The second kappa shape index (κ2) is 5.91. The van der Waals surface area contributed by atoms with Crippen molar-refractivity contribution in [2.24, 2.45) is 0 Å². The molecule has 14 heavy (non-hydrogen) atoms. The smallest absolute Gasteiger partial charge is 0.445 e. The van der Waals surface area contributed by atoms with Crippen molar-refractivity contribution < 1.29 is 68.7 Å². The van der Waals surface area contributed by atoms with Crippen molar-refractivity contribution in [3.63, 3.8) is 0 Å². The molecule has 0 nitrogen and oxygen atoms in total. The van der Waals surface area contributed by atoms with Crippen LogP contribution in [-0.4, -0.2) is 13.2 Å². The Balaban J connectivity index is 0.00000169. The molecule has 0 unspecified atom stereocenters. The van der Waals surface area contributed by atoms with E-state index in [0.29, 0.717) is 6.07 Å². The van der Waals surface area contributed by atoms with Crippen molar-refractivity contribution in [3.8, 4) is 0 Å². The number of thioether (sulfide) groups is 1. The van der Waals surface area contributed by atoms with Crippen LogP contribution in [0.15, 0.2) is 23.1 Å². The Morgan fingerprint density at radius 2 is 1.79 bits per heavy atom. The van der Waals surface area contributed by atoms with Crippen LogP contribution in [0.2, 0.25) is 0 Å². The first-order valence-electron chi connectivity index (χ1n) is 3.48. The predicted octanol–water partition coefficient (Wildman–Crippen LogP) is -0.394. The molecule has 0 aliphatic rings. The Morgan fingerprint density at radius 3 is 2.14 bits per heavy atom. The summed E-state index contributed by atoms with van der Waals surface area (Å²) in [5, 5.41) is 0. The average molecular weight is 248 g/mol. The minimum absolute atomic E-state index is 0. The normalized spacial score (nSPS) is 10.9. The Bertz CT molecular complexity index is 315. The summed E-state index contributed by atoms with van der Waals surface area (Å²) in [7, 11) is 0. The average Bonchev–Trinajstić information content (AvgIpc) is 2.02. The van der Waals surface area contributed by atoms with Crippen LogP contribution >= 0.6 is 11.8 Å². The number of hydrogen-bond acceptors (Lipinski definition) is 1. The minimum Gasteiger partial charge on any atom is -0.445 e. The molecule has 0 saturated heterocycles. The standard InChI is InChI=1S/C7H6BF4S.K/c1-13-7-3-2-5(4-6(7)9)8(10,11)12;/h2-4H,1H3;/q-1;+1. The van der Waals surface area contributed by atoms with Gasteiger partial charge in [0.1, 0.15) is 5.82 Å². The monoisotopic (exact) mass is 248 g/mol. The first-order valence-corrected chi connectivity index (χ1v) is 4.71. The maximum atomic E-state index is 12.9. The van der Waals surface area contributed by atoms with E-state index < -0.39 is 18.3 Å². The van der Waals surface area contributed by atoms with Crippen LogP contribution < -0.4 is 56.8 Å². The maximum absolute atomic E-state index is 12.9. The van der Waals surface area contributed by atoms with Gasteiger partial charge in [0.15, 0.2) is 0 Å². The van der Waals surface area contributed by atoms with E-state index in [2.05, 4.69) is 0 Å². The van der Waals surface area contributed by atoms with Gasteiger partial charge >= 0.3 is 58.4 Å². The van der Waals surface area contributed by atoms with E-state index >= 15 is 0 Å². The summed E-state index contributed by atoms with van der Waals surface area (Å²) >= 11 is 1.08. The summed E-state index contributed by atoms with van der Waals surface area (Å²) in [4.78, 5) is 0.226. The molecule has 72 valence electrons. The summed E-state index contributed by atoms with van der Waals surface area (Å²) in [6.07, 6.45) is 1.61. The first kappa shape index (κ1) is 15.0. The van der Waals surface area contributed by atoms with Gasteiger partial charge in [-0.1, -0.05) is 12.1 Å². The fraction of sp³-hybridized carbons (Fsp3) is 0.143. The van der Waals surface area contributed by atoms with Crippen molar-refractivity contribution in [2.45, 2.75) is 4.90 Å². The van der Waals surface area contributed by atoms with E-state index in [1.54, 1.807) is 6.26 Å². The Labute approximate surface area is 126 Å². The van der Waals surface area contributed by atoms with E-state index in [1.165, 1.54) is 0 Å². The SMILES string of the molecule is CSc1ccc([B-](F)(F)F)cc1F.[K+]. The molecule has 0 N–H and O–H groups in total. The molecule has 0 bridgehead atoms. The third kappa shape index (κ3) is 3.86. The molecule has 0 spiro atoms. The quantitative estimate of drug-likeness (QED) is 0.390. The molecule has 1 rings (SSSR count). The van der Waals surface area contributed by atoms with Crippen LogP contribution in [0.4, 0.5) is 17.3 Å². The largest absolute Gasteiger partial charge is 1.00 e. The Morgan fingerprint density at radius 1 is 1.21 bits per heavy atom. The molecule has 0 amide bonds. The molecule has 0 aromatic heterocycles. The molecule has 0 fully saturated rings. The number of benzene rings is 1. The summed E-state index contributed by atoms with van der Waals surface area (Å²) < 4.78 is 49.1. The maximum Gasteiger partial charge on any atom is 1.00 e. The molecule has 1 aromatic carbocycles. The van der Waals surface area contributed by atoms with Crippen LogP contribution in [-0.2, 0) is 0 Å². The third-order valence-corrected chi connectivity index (χ3v) is 2.32. The van der Waals surface area contributed by atoms with Gasteiger partial charge in [0.05, 0.1) is 0 Å². The van der Waals surface area contributed by atoms with E-state index in [0.717, 1.165) is 23.9 Å². The fourth-order valence-corrected chi connectivity index (χ4v) is 1.34. The first-order chi connectivity index (χ1) is 5.95. The van der Waals surface area contributed by atoms with E-state index in [4.69, 9.17) is 0 Å². The van der Waals surface area contributed by atoms with Gasteiger partial charge in [-0.05, 0) is 12.3 Å². The summed E-state index contributed by atoms with van der Waals surface area (Å²) in [6, 6.07) is 2.57. The van der Waals surface area contributed by atoms with Gasteiger partial charge in [0.2, 0.25) is 0 Å². The summed E-state index contributed by atoms with van der Waals surface area (Å²) in [5.74, 6) is -0.816. The van der Waals surface area contributed by atoms with Gasteiger partial charge in [-0.2, -0.15) is 0 Å². The second-order valence-electron chi connectivity index (χ2n) is 2.47. The number of rotatable bonds is 2. The molecule has 0 radical (unpaired) electrons. The van der Waals surface area contributed by atoms with Crippen molar-refractivity contribution in [2.75, 3.05) is 6.26 Å². The van der Waals surface area contributed by atoms with Crippen LogP contribution in [0.25, 0.3) is 0 Å². The van der Waals surface area contributed by atoms with Crippen LogP contribution in [0.3, 0.4) is 0 Å². The van der Waals surface area contributed by atoms with Gasteiger partial charge < -0.3 is 12.9 Å². The Hall–Kier alpha value is 0.991. The number of halogens is 4. The molecular formula is C7H6BF4KS. The minimum atomic E-state index is -5.09. The molecule has 0 saturated carbocycles. The van der Waals surface area contributed by atoms with Crippen LogP contribution in [0.1, 0.15) is 0 Å². The third-order valence-electron chi connectivity index (χ3n) is 1.55. The van der Waals surface area contributed by atoms with Gasteiger partial charge in [-0.25, -0.2) is 4.39 Å². The van der Waals surface area contributed by atoms with Crippen molar-refractivity contribution in [1.29, 1.82) is 0 Å². The van der Waals surface area contributed by atoms with Crippen molar-refractivity contribution in [1.82, 2.24) is 0 Å². The van der Waals surface area contributed by atoms with Gasteiger partial charge in [0.25, 0.3) is 0 Å². The second-order valence-corrected chi connectivity index (χ2v) is 3.32. The topological polar surface area (TPSA) is 0 Å². The van der Waals surface area contributed by atoms with E-state index in [1.807, 2.05) is 0 Å². The zero-order valence-electron chi connectivity index (χ0n) is 7.73. The van der Waals surface area contributed by atoms with E-state index in [9.17, 15) is 17.3 Å². The van der Waals surface area contributed by atoms with Gasteiger partial charge in [-0.3, -0.25) is 0 Å². The zero-order chi connectivity index (χ0) is 10.1. The Kier molecular flexibility index (Phi) is 6.33. The zero-order valence-corrected chi connectivity index (χ0v) is 11.7. The summed E-state index contributed by atoms with van der Waals surface area (Å²) in [6.45, 7) is -5.09. The number of hydrogen-bond donors (Lipinski definition) is 0. The van der Waals surface area contributed by atoms with Crippen molar-refractivity contribution >= 4 is 24.2 Å². The van der Waals surface area contributed by atoms with Crippen molar-refractivity contribution in [3.05, 3.63) is 24.0 Å². The molecule has 1 aromatic rings. The van der Waals surface area contributed by atoms with Crippen LogP contribution in [0.5, 0.6) is 0 Å². The van der Waals surface area contributed by atoms with Gasteiger partial charge in [-0.15, -0.1) is 17.2 Å². The molecule has 0 aliphatic carbocycles. The molecule has 0 heterocycles. The summed E-state index contributed by atoms with van der Waals surface area (Å²) in [5.41, 5.74) is -0.893. The molecule has 0 atom stereocenters. The fourth-order valence-electron chi connectivity index (χ4n) is 0.886.